The Bertz CT molecular complexity index is 871. The zero-order chi connectivity index (χ0) is 18.4. The molecule has 0 atom stereocenters. The van der Waals surface area contributed by atoms with Crippen LogP contribution >= 0.6 is 11.6 Å². The van der Waals surface area contributed by atoms with Gasteiger partial charge in [-0.05, 0) is 60.7 Å². The number of rotatable bonds is 6. The molecule has 1 heterocycles. The molecule has 0 aliphatic carbocycles. The van der Waals surface area contributed by atoms with Crippen molar-refractivity contribution in [2.24, 2.45) is 0 Å². The van der Waals surface area contributed by atoms with Gasteiger partial charge in [-0.1, -0.05) is 11.6 Å². The molecule has 0 fully saturated rings. The van der Waals surface area contributed by atoms with Crippen LogP contribution in [0.25, 0.3) is 0 Å². The Morgan fingerprint density at radius 1 is 1.00 bits per heavy atom. The van der Waals surface area contributed by atoms with E-state index in [1.807, 2.05) is 6.07 Å². The molecule has 0 aliphatic heterocycles. The van der Waals surface area contributed by atoms with E-state index in [0.29, 0.717) is 28.4 Å². The molecule has 26 heavy (non-hydrogen) atoms. The summed E-state index contributed by atoms with van der Waals surface area (Å²) >= 11 is 5.81. The van der Waals surface area contributed by atoms with Crippen LogP contribution < -0.4 is 10.1 Å². The minimum Gasteiger partial charge on any atom is -0.469 e. The molecule has 5 nitrogen and oxygen atoms in total. The summed E-state index contributed by atoms with van der Waals surface area (Å²) in [5, 5.41) is 3.34. The topological polar surface area (TPSA) is 68.5 Å². The van der Waals surface area contributed by atoms with Gasteiger partial charge in [0.05, 0.1) is 12.7 Å². The molecular formula is C20H16ClNO4. The van der Waals surface area contributed by atoms with Crippen molar-refractivity contribution < 1.29 is 18.7 Å². The highest BCUT2D eigenvalue weighted by Gasteiger charge is 2.09. The Hall–Kier alpha value is -3.05. The molecular weight excluding hydrogens is 354 g/mol. The third kappa shape index (κ3) is 4.97. The molecule has 6 heteroatoms. The number of aryl methyl sites for hydroxylation is 1. The Morgan fingerprint density at radius 2 is 1.73 bits per heavy atom. The summed E-state index contributed by atoms with van der Waals surface area (Å²) < 4.78 is 10.4. The summed E-state index contributed by atoms with van der Waals surface area (Å²) in [5.41, 5.74) is 1.10. The Balaban J connectivity index is 1.52. The van der Waals surface area contributed by atoms with Crippen LogP contribution in [0, 0.1) is 0 Å². The van der Waals surface area contributed by atoms with Gasteiger partial charge < -0.3 is 14.5 Å². The second-order valence-electron chi connectivity index (χ2n) is 5.54. The summed E-state index contributed by atoms with van der Waals surface area (Å²) in [5.74, 6) is 0.561. The van der Waals surface area contributed by atoms with E-state index in [2.05, 4.69) is 5.32 Å². The zero-order valence-corrected chi connectivity index (χ0v) is 14.5. The van der Waals surface area contributed by atoms with Crippen LogP contribution in [-0.2, 0) is 11.2 Å². The average molecular weight is 370 g/mol. The van der Waals surface area contributed by atoms with Crippen molar-refractivity contribution in [1.82, 2.24) is 0 Å². The van der Waals surface area contributed by atoms with Crippen molar-refractivity contribution in [3.63, 3.8) is 0 Å². The molecule has 3 aromatic rings. The lowest BCUT2D eigenvalue weighted by atomic mass is 10.2. The maximum atomic E-state index is 12.1. The molecule has 3 rings (SSSR count). The molecule has 0 radical (unpaired) electrons. The molecule has 132 valence electrons. The summed E-state index contributed by atoms with van der Waals surface area (Å²) in [6.45, 7) is 0. The van der Waals surface area contributed by atoms with Gasteiger partial charge in [-0.25, -0.2) is 0 Å². The van der Waals surface area contributed by atoms with E-state index in [4.69, 9.17) is 20.8 Å². The highest BCUT2D eigenvalue weighted by Crippen LogP contribution is 2.18. The van der Waals surface area contributed by atoms with Crippen LogP contribution in [0.4, 0.5) is 5.69 Å². The number of benzene rings is 2. The summed E-state index contributed by atoms with van der Waals surface area (Å²) in [7, 11) is 0. The van der Waals surface area contributed by atoms with Gasteiger partial charge >= 0.3 is 5.97 Å². The molecule has 0 saturated carbocycles. The molecule has 0 aliphatic rings. The largest absolute Gasteiger partial charge is 0.469 e. The minimum absolute atomic E-state index is 0.225. The fourth-order valence-corrected chi connectivity index (χ4v) is 2.40. The first-order valence-electron chi connectivity index (χ1n) is 8.00. The number of carbonyl (C=O) groups excluding carboxylic acids is 2. The number of nitrogens with one attached hydrogen (secondary N) is 1. The number of esters is 1. The molecule has 0 spiro atoms. The van der Waals surface area contributed by atoms with Gasteiger partial charge in [-0.15, -0.1) is 0 Å². The van der Waals surface area contributed by atoms with Crippen molar-refractivity contribution in [1.29, 1.82) is 0 Å². The fourth-order valence-electron chi connectivity index (χ4n) is 2.27. The number of hydrogen-bond donors (Lipinski definition) is 1. The molecule has 1 aromatic heterocycles. The standard InChI is InChI=1S/C20H16ClNO4/c21-15-5-3-14(4-6-15)20(24)22-16-7-9-18(10-8-16)26-19(23)12-11-17-2-1-13-25-17/h1-10,13H,11-12H2,(H,22,24). The van der Waals surface area contributed by atoms with E-state index in [1.54, 1.807) is 60.9 Å². The van der Waals surface area contributed by atoms with Gasteiger partial charge in [0, 0.05) is 22.7 Å². The Kier molecular flexibility index (Phi) is 5.71. The van der Waals surface area contributed by atoms with Crippen LogP contribution in [0.1, 0.15) is 22.5 Å². The lowest BCUT2D eigenvalue weighted by Gasteiger charge is -2.07. The average Bonchev–Trinajstić information content (AvgIpc) is 3.16. The first-order chi connectivity index (χ1) is 12.6. The molecule has 1 amide bonds. The van der Waals surface area contributed by atoms with Crippen LogP contribution in [-0.4, -0.2) is 11.9 Å². The van der Waals surface area contributed by atoms with Crippen molar-refractivity contribution in [2.45, 2.75) is 12.8 Å². The molecule has 0 saturated heterocycles. The molecule has 0 bridgehead atoms. The monoisotopic (exact) mass is 369 g/mol. The van der Waals surface area contributed by atoms with Crippen molar-refractivity contribution in [3.05, 3.63) is 83.3 Å². The van der Waals surface area contributed by atoms with Gasteiger partial charge in [0.1, 0.15) is 11.5 Å². The number of ether oxygens (including phenoxy) is 1. The molecule has 0 unspecified atom stereocenters. The number of carbonyl (C=O) groups is 2. The van der Waals surface area contributed by atoms with Crippen LogP contribution in [0.2, 0.25) is 5.02 Å². The third-order valence-corrected chi connectivity index (χ3v) is 3.86. The summed E-state index contributed by atoms with van der Waals surface area (Å²) in [4.78, 5) is 24.0. The highest BCUT2D eigenvalue weighted by molar-refractivity contribution is 6.30. The smallest absolute Gasteiger partial charge is 0.311 e. The lowest BCUT2D eigenvalue weighted by Crippen LogP contribution is -2.12. The zero-order valence-electron chi connectivity index (χ0n) is 13.8. The quantitative estimate of drug-likeness (QED) is 0.504. The predicted octanol–water partition coefficient (Wildman–Crippen LogP) is 4.72. The van der Waals surface area contributed by atoms with E-state index < -0.39 is 0 Å². The van der Waals surface area contributed by atoms with E-state index in [-0.39, 0.29) is 18.3 Å². The number of anilines is 1. The van der Waals surface area contributed by atoms with E-state index in [0.717, 1.165) is 5.76 Å². The number of halogens is 1. The van der Waals surface area contributed by atoms with Crippen LogP contribution in [0.3, 0.4) is 0 Å². The summed E-state index contributed by atoms with van der Waals surface area (Å²) in [6.07, 6.45) is 2.28. The Labute approximate surface area is 155 Å². The van der Waals surface area contributed by atoms with Gasteiger partial charge in [-0.3, -0.25) is 9.59 Å². The van der Waals surface area contributed by atoms with E-state index in [1.165, 1.54) is 0 Å². The van der Waals surface area contributed by atoms with Gasteiger partial charge in [0.25, 0.3) is 5.91 Å². The van der Waals surface area contributed by atoms with Crippen molar-refractivity contribution in [3.8, 4) is 5.75 Å². The van der Waals surface area contributed by atoms with Gasteiger partial charge in [-0.2, -0.15) is 0 Å². The third-order valence-electron chi connectivity index (χ3n) is 3.61. The normalized spacial score (nSPS) is 10.3. The predicted molar refractivity (Wildman–Crippen MR) is 98.5 cm³/mol. The van der Waals surface area contributed by atoms with Gasteiger partial charge in [0.15, 0.2) is 0 Å². The lowest BCUT2D eigenvalue weighted by molar-refractivity contribution is -0.134. The highest BCUT2D eigenvalue weighted by atomic mass is 35.5. The fraction of sp³-hybridized carbons (Fsp3) is 0.100. The molecule has 2 aromatic carbocycles. The maximum Gasteiger partial charge on any atom is 0.311 e. The second-order valence-corrected chi connectivity index (χ2v) is 5.98. The SMILES string of the molecule is O=C(CCc1ccco1)Oc1ccc(NC(=O)c2ccc(Cl)cc2)cc1. The van der Waals surface area contributed by atoms with E-state index >= 15 is 0 Å². The number of amides is 1. The minimum atomic E-state index is -0.348. The van der Waals surface area contributed by atoms with Crippen molar-refractivity contribution in [2.75, 3.05) is 5.32 Å². The van der Waals surface area contributed by atoms with Crippen LogP contribution in [0.15, 0.2) is 71.3 Å². The number of hydrogen-bond acceptors (Lipinski definition) is 4. The number of furan rings is 1. The van der Waals surface area contributed by atoms with Crippen molar-refractivity contribution >= 4 is 29.2 Å². The first kappa shape index (κ1) is 17.8. The van der Waals surface area contributed by atoms with Crippen LogP contribution in [0.5, 0.6) is 5.75 Å². The molecule has 1 N–H and O–H groups in total. The first-order valence-corrected chi connectivity index (χ1v) is 8.38. The van der Waals surface area contributed by atoms with Gasteiger partial charge in [0.2, 0.25) is 0 Å². The Morgan fingerprint density at radius 3 is 2.38 bits per heavy atom. The summed E-state index contributed by atoms with van der Waals surface area (Å²) in [6, 6.07) is 16.8. The second kappa shape index (κ2) is 8.36. The van der Waals surface area contributed by atoms with E-state index in [9.17, 15) is 9.59 Å². The maximum absolute atomic E-state index is 12.1.